The van der Waals surface area contributed by atoms with Crippen LogP contribution < -0.4 is 0 Å². The third-order valence-corrected chi connectivity index (χ3v) is 5.32. The van der Waals surface area contributed by atoms with Crippen LogP contribution in [0.3, 0.4) is 0 Å². The Kier molecular flexibility index (Phi) is 3.84. The summed E-state index contributed by atoms with van der Waals surface area (Å²) in [5.74, 6) is 0.519. The lowest BCUT2D eigenvalue weighted by molar-refractivity contribution is 0.473. The minimum Gasteiger partial charge on any atom is -0.508 e. The summed E-state index contributed by atoms with van der Waals surface area (Å²) in [6, 6.07) is 24.8. The number of rotatable bonds is 3. The second-order valence-electron chi connectivity index (χ2n) is 4.61. The van der Waals surface area contributed by atoms with Crippen molar-refractivity contribution in [2.45, 2.75) is 14.7 Å². The molecule has 3 rings (SSSR count). The SMILES string of the molecule is Oc1ccc([S+](c2ccccc2)c2cccc(O)c2)cc1. The van der Waals surface area contributed by atoms with Crippen LogP contribution in [0.2, 0.25) is 0 Å². The number of aromatic hydroxyl groups is 2. The van der Waals surface area contributed by atoms with E-state index in [0.29, 0.717) is 0 Å². The molecule has 0 spiro atoms. The van der Waals surface area contributed by atoms with Gasteiger partial charge in [0.1, 0.15) is 11.5 Å². The first kappa shape index (κ1) is 13.6. The average molecular weight is 295 g/mol. The molecular weight excluding hydrogens is 280 g/mol. The first-order valence-electron chi connectivity index (χ1n) is 6.61. The monoisotopic (exact) mass is 295 g/mol. The molecule has 0 aliphatic heterocycles. The first-order valence-corrected chi connectivity index (χ1v) is 7.84. The smallest absolute Gasteiger partial charge is 0.170 e. The van der Waals surface area contributed by atoms with Crippen molar-refractivity contribution in [3.63, 3.8) is 0 Å². The molecule has 104 valence electrons. The summed E-state index contributed by atoms with van der Waals surface area (Å²) in [7, 11) is -0.304. The Hall–Kier alpha value is -2.39. The average Bonchev–Trinajstić information content (AvgIpc) is 2.51. The van der Waals surface area contributed by atoms with Crippen molar-refractivity contribution in [3.05, 3.63) is 78.9 Å². The third-order valence-electron chi connectivity index (χ3n) is 3.10. The van der Waals surface area contributed by atoms with Crippen molar-refractivity contribution in [3.8, 4) is 11.5 Å². The van der Waals surface area contributed by atoms with Crippen molar-refractivity contribution >= 4 is 10.9 Å². The zero-order valence-electron chi connectivity index (χ0n) is 11.3. The van der Waals surface area contributed by atoms with Crippen LogP contribution in [0.5, 0.6) is 11.5 Å². The third kappa shape index (κ3) is 3.03. The molecule has 0 aliphatic carbocycles. The van der Waals surface area contributed by atoms with Gasteiger partial charge in [-0.1, -0.05) is 24.3 Å². The predicted molar refractivity (Wildman–Crippen MR) is 84.8 cm³/mol. The van der Waals surface area contributed by atoms with Crippen LogP contribution >= 0.6 is 0 Å². The summed E-state index contributed by atoms with van der Waals surface area (Å²) in [6.07, 6.45) is 0. The highest BCUT2D eigenvalue weighted by atomic mass is 32.2. The predicted octanol–water partition coefficient (Wildman–Crippen LogP) is 4.19. The van der Waals surface area contributed by atoms with Crippen molar-refractivity contribution in [2.75, 3.05) is 0 Å². The Morgan fingerprint density at radius 3 is 1.81 bits per heavy atom. The largest absolute Gasteiger partial charge is 0.508 e. The van der Waals surface area contributed by atoms with Crippen LogP contribution in [0, 0.1) is 0 Å². The van der Waals surface area contributed by atoms with E-state index in [2.05, 4.69) is 12.1 Å². The number of hydrogen-bond acceptors (Lipinski definition) is 2. The Balaban J connectivity index is 2.13. The molecule has 2 nitrogen and oxygen atoms in total. The zero-order chi connectivity index (χ0) is 14.7. The van der Waals surface area contributed by atoms with E-state index in [1.165, 1.54) is 4.90 Å². The molecule has 0 radical (unpaired) electrons. The molecule has 1 atom stereocenters. The lowest BCUT2D eigenvalue weighted by Gasteiger charge is -2.08. The fourth-order valence-corrected chi connectivity index (χ4v) is 4.26. The standard InChI is InChI=1S/C18H14O2S/c19-14-9-11-17(12-10-14)21(16-6-2-1-3-7-16)18-8-4-5-15(20)13-18/h1-13H,(H-,19,20)/p+1. The maximum atomic E-state index is 9.76. The fourth-order valence-electron chi connectivity index (χ4n) is 2.16. The minimum absolute atomic E-state index is 0.256. The topological polar surface area (TPSA) is 40.5 Å². The van der Waals surface area contributed by atoms with Gasteiger partial charge in [-0.3, -0.25) is 0 Å². The number of phenolic OH excluding ortho intramolecular Hbond substituents is 2. The Morgan fingerprint density at radius 2 is 1.14 bits per heavy atom. The molecule has 3 heteroatoms. The van der Waals surface area contributed by atoms with E-state index in [1.807, 2.05) is 42.5 Å². The van der Waals surface area contributed by atoms with Crippen molar-refractivity contribution in [1.29, 1.82) is 0 Å². The molecule has 21 heavy (non-hydrogen) atoms. The van der Waals surface area contributed by atoms with Crippen LogP contribution in [0.4, 0.5) is 0 Å². The van der Waals surface area contributed by atoms with Crippen LogP contribution in [0.15, 0.2) is 93.5 Å². The molecule has 0 bridgehead atoms. The number of phenols is 2. The Morgan fingerprint density at radius 1 is 0.524 bits per heavy atom. The maximum absolute atomic E-state index is 9.76. The normalized spacial score (nSPS) is 12.0. The quantitative estimate of drug-likeness (QED) is 0.711. The summed E-state index contributed by atoms with van der Waals surface area (Å²) >= 11 is 0. The van der Waals surface area contributed by atoms with Gasteiger partial charge in [-0.15, -0.1) is 0 Å². The summed E-state index contributed by atoms with van der Waals surface area (Å²) < 4.78 is 0. The van der Waals surface area contributed by atoms with E-state index in [-0.39, 0.29) is 22.4 Å². The second kappa shape index (κ2) is 5.94. The van der Waals surface area contributed by atoms with Gasteiger partial charge in [0, 0.05) is 6.07 Å². The van der Waals surface area contributed by atoms with E-state index in [0.717, 1.165) is 9.79 Å². The van der Waals surface area contributed by atoms with Gasteiger partial charge in [0.2, 0.25) is 0 Å². The van der Waals surface area contributed by atoms with Gasteiger partial charge in [-0.25, -0.2) is 0 Å². The summed E-state index contributed by atoms with van der Waals surface area (Å²) in [5.41, 5.74) is 0. The summed E-state index contributed by atoms with van der Waals surface area (Å²) in [6.45, 7) is 0. The highest BCUT2D eigenvalue weighted by Gasteiger charge is 2.28. The van der Waals surface area contributed by atoms with Crippen LogP contribution in [0.1, 0.15) is 0 Å². The molecule has 0 aromatic heterocycles. The van der Waals surface area contributed by atoms with Gasteiger partial charge < -0.3 is 10.2 Å². The molecule has 0 saturated heterocycles. The molecule has 0 fully saturated rings. The van der Waals surface area contributed by atoms with Gasteiger partial charge in [0.05, 0.1) is 10.9 Å². The molecule has 0 amide bonds. The van der Waals surface area contributed by atoms with Gasteiger partial charge in [-0.2, -0.15) is 0 Å². The summed E-state index contributed by atoms with van der Waals surface area (Å²) in [4.78, 5) is 3.32. The van der Waals surface area contributed by atoms with Crippen molar-refractivity contribution < 1.29 is 10.2 Å². The lowest BCUT2D eigenvalue weighted by atomic mass is 10.3. The number of hydrogen-bond donors (Lipinski definition) is 2. The maximum Gasteiger partial charge on any atom is 0.170 e. The van der Waals surface area contributed by atoms with E-state index < -0.39 is 0 Å². The van der Waals surface area contributed by atoms with Gasteiger partial charge in [0.25, 0.3) is 0 Å². The minimum atomic E-state index is -0.304. The second-order valence-corrected chi connectivity index (χ2v) is 6.64. The van der Waals surface area contributed by atoms with Gasteiger partial charge in [-0.05, 0) is 48.5 Å². The van der Waals surface area contributed by atoms with E-state index >= 15 is 0 Å². The molecule has 0 saturated carbocycles. The first-order chi connectivity index (χ1) is 10.2. The van der Waals surface area contributed by atoms with Crippen molar-refractivity contribution in [1.82, 2.24) is 0 Å². The molecule has 3 aromatic rings. The van der Waals surface area contributed by atoms with Crippen LogP contribution in [0.25, 0.3) is 0 Å². The molecule has 0 aliphatic rings. The highest BCUT2D eigenvalue weighted by molar-refractivity contribution is 7.97. The van der Waals surface area contributed by atoms with Gasteiger partial charge in [0.15, 0.2) is 14.7 Å². The molecular formula is C18H15O2S+. The summed E-state index contributed by atoms with van der Waals surface area (Å²) in [5, 5.41) is 19.3. The lowest BCUT2D eigenvalue weighted by Crippen LogP contribution is -2.04. The van der Waals surface area contributed by atoms with E-state index in [1.54, 1.807) is 24.3 Å². The van der Waals surface area contributed by atoms with E-state index in [4.69, 9.17) is 0 Å². The molecule has 0 heterocycles. The molecule has 3 aromatic carbocycles. The van der Waals surface area contributed by atoms with Crippen molar-refractivity contribution in [2.24, 2.45) is 0 Å². The Bertz CT molecular complexity index is 724. The number of benzene rings is 3. The fraction of sp³-hybridized carbons (Fsp3) is 0. The van der Waals surface area contributed by atoms with Gasteiger partial charge >= 0.3 is 0 Å². The van der Waals surface area contributed by atoms with Crippen LogP contribution in [-0.2, 0) is 10.9 Å². The Labute approximate surface area is 126 Å². The molecule has 1 unspecified atom stereocenters. The zero-order valence-corrected chi connectivity index (χ0v) is 12.1. The van der Waals surface area contributed by atoms with Crippen LogP contribution in [-0.4, -0.2) is 10.2 Å². The van der Waals surface area contributed by atoms with E-state index in [9.17, 15) is 10.2 Å². The molecule has 2 N–H and O–H groups in total. The highest BCUT2D eigenvalue weighted by Crippen LogP contribution is 2.33.